The smallest absolute Gasteiger partial charge is 0.254 e. The van der Waals surface area contributed by atoms with Crippen LogP contribution in [0.25, 0.3) is 0 Å². The Bertz CT molecular complexity index is 692. The maximum atomic E-state index is 12.8. The van der Waals surface area contributed by atoms with Crippen molar-refractivity contribution in [1.82, 2.24) is 15.1 Å². The quantitative estimate of drug-likeness (QED) is 0.844. The number of amides is 2. The average molecular weight is 331 g/mol. The molecular weight excluding hydrogens is 310 g/mol. The van der Waals surface area contributed by atoms with Crippen molar-refractivity contribution in [1.29, 1.82) is 0 Å². The van der Waals surface area contributed by atoms with Crippen molar-refractivity contribution in [2.24, 2.45) is 5.92 Å². The van der Waals surface area contributed by atoms with E-state index in [4.69, 9.17) is 9.47 Å². The fourth-order valence-electron chi connectivity index (χ4n) is 4.07. The number of likely N-dealkylation sites (N-methyl/N-ethyl adjacent to an activating group) is 2. The maximum Gasteiger partial charge on any atom is 0.254 e. The van der Waals surface area contributed by atoms with Gasteiger partial charge in [-0.3, -0.25) is 14.5 Å². The first-order chi connectivity index (χ1) is 11.6. The molecule has 2 amide bonds. The molecule has 0 aromatic heterocycles. The summed E-state index contributed by atoms with van der Waals surface area (Å²) in [5.74, 6) is 1.71. The number of ether oxygens (including phenoxy) is 2. The zero-order valence-electron chi connectivity index (χ0n) is 13.8. The minimum absolute atomic E-state index is 0.00703. The molecule has 7 nitrogen and oxygen atoms in total. The number of rotatable bonds is 2. The molecule has 0 spiro atoms. The molecular formula is C17H21N3O4. The first-order valence-electron chi connectivity index (χ1n) is 8.21. The van der Waals surface area contributed by atoms with E-state index in [-0.39, 0.29) is 30.7 Å². The third-order valence-electron chi connectivity index (χ3n) is 5.40. The fourth-order valence-corrected chi connectivity index (χ4v) is 4.07. The van der Waals surface area contributed by atoms with Crippen molar-refractivity contribution in [3.05, 3.63) is 23.8 Å². The molecule has 24 heavy (non-hydrogen) atoms. The number of hydrogen-bond donors (Lipinski definition) is 1. The number of benzene rings is 1. The van der Waals surface area contributed by atoms with Gasteiger partial charge in [-0.2, -0.15) is 0 Å². The SMILES string of the molecule is CNC(=O)[C@@H]1CC2CN(C(=O)c3ccc4c(c3)OCO4)CC2N1C. The molecule has 7 heteroatoms. The molecule has 0 radical (unpaired) electrons. The molecule has 2 unspecified atom stereocenters. The molecule has 3 aliphatic heterocycles. The van der Waals surface area contributed by atoms with Gasteiger partial charge in [0.15, 0.2) is 11.5 Å². The molecule has 0 bridgehead atoms. The Morgan fingerprint density at radius 2 is 2.00 bits per heavy atom. The Hall–Kier alpha value is -2.28. The van der Waals surface area contributed by atoms with Crippen LogP contribution in [0.15, 0.2) is 18.2 Å². The molecule has 2 fully saturated rings. The van der Waals surface area contributed by atoms with Gasteiger partial charge in [-0.1, -0.05) is 0 Å². The highest BCUT2D eigenvalue weighted by Gasteiger charge is 2.48. The van der Waals surface area contributed by atoms with Crippen LogP contribution in [0.5, 0.6) is 11.5 Å². The van der Waals surface area contributed by atoms with Gasteiger partial charge in [0.1, 0.15) is 0 Å². The topological polar surface area (TPSA) is 71.1 Å². The van der Waals surface area contributed by atoms with Crippen LogP contribution in [0.3, 0.4) is 0 Å². The lowest BCUT2D eigenvalue weighted by molar-refractivity contribution is -0.125. The number of fused-ring (bicyclic) bond motifs is 2. The van der Waals surface area contributed by atoms with Crippen LogP contribution in [-0.4, -0.2) is 67.7 Å². The van der Waals surface area contributed by atoms with Crippen LogP contribution < -0.4 is 14.8 Å². The van der Waals surface area contributed by atoms with Crippen molar-refractivity contribution in [3.8, 4) is 11.5 Å². The van der Waals surface area contributed by atoms with Gasteiger partial charge in [0.25, 0.3) is 5.91 Å². The molecule has 0 saturated carbocycles. The molecule has 128 valence electrons. The van der Waals surface area contributed by atoms with E-state index in [0.717, 1.165) is 6.42 Å². The normalized spacial score (nSPS) is 28.1. The van der Waals surface area contributed by atoms with Crippen LogP contribution >= 0.6 is 0 Å². The van der Waals surface area contributed by atoms with E-state index < -0.39 is 0 Å². The molecule has 0 aliphatic carbocycles. The number of carbonyl (C=O) groups is 2. The highest BCUT2D eigenvalue weighted by molar-refractivity contribution is 5.95. The summed E-state index contributed by atoms with van der Waals surface area (Å²) in [6.45, 7) is 1.55. The second-order valence-corrected chi connectivity index (χ2v) is 6.64. The summed E-state index contributed by atoms with van der Waals surface area (Å²) in [4.78, 5) is 28.7. The first-order valence-corrected chi connectivity index (χ1v) is 8.21. The second kappa shape index (κ2) is 5.66. The van der Waals surface area contributed by atoms with Crippen molar-refractivity contribution in [2.45, 2.75) is 18.5 Å². The van der Waals surface area contributed by atoms with Gasteiger partial charge < -0.3 is 19.7 Å². The van der Waals surface area contributed by atoms with Crippen LogP contribution in [0.2, 0.25) is 0 Å². The number of nitrogens with zero attached hydrogens (tertiary/aromatic N) is 2. The molecule has 3 aliphatic rings. The van der Waals surface area contributed by atoms with Crippen LogP contribution in [0.1, 0.15) is 16.8 Å². The van der Waals surface area contributed by atoms with Crippen LogP contribution in [0.4, 0.5) is 0 Å². The lowest BCUT2D eigenvalue weighted by atomic mass is 10.0. The van der Waals surface area contributed by atoms with Crippen LogP contribution in [0, 0.1) is 5.92 Å². The maximum absolute atomic E-state index is 12.8. The van der Waals surface area contributed by atoms with E-state index in [0.29, 0.717) is 36.1 Å². The standard InChI is InChI=1S/C17H21N3O4/c1-18-16(21)12-5-11-7-20(8-13(11)19(12)2)17(22)10-3-4-14-15(6-10)24-9-23-14/h3-4,6,11-13H,5,7-9H2,1-2H3,(H,18,21)/t11?,12-,13?/m0/s1. The molecule has 1 aromatic rings. The Balaban J connectivity index is 1.47. The van der Waals surface area contributed by atoms with E-state index >= 15 is 0 Å². The van der Waals surface area contributed by atoms with Gasteiger partial charge in [-0.05, 0) is 37.6 Å². The van der Waals surface area contributed by atoms with E-state index in [2.05, 4.69) is 10.2 Å². The van der Waals surface area contributed by atoms with E-state index in [1.54, 1.807) is 25.2 Å². The minimum atomic E-state index is -0.0900. The first kappa shape index (κ1) is 15.3. The van der Waals surface area contributed by atoms with Crippen LogP contribution in [-0.2, 0) is 4.79 Å². The number of likely N-dealkylation sites (tertiary alicyclic amines) is 2. The summed E-state index contributed by atoms with van der Waals surface area (Å²) in [5.41, 5.74) is 0.615. The monoisotopic (exact) mass is 331 g/mol. The van der Waals surface area contributed by atoms with Gasteiger partial charge in [0, 0.05) is 31.7 Å². The van der Waals surface area contributed by atoms with E-state index in [9.17, 15) is 9.59 Å². The predicted octanol–water partition coefficient (Wildman–Crippen LogP) is 0.306. The number of nitrogens with one attached hydrogen (secondary N) is 1. The van der Waals surface area contributed by atoms with Gasteiger partial charge in [0.2, 0.25) is 12.7 Å². The Morgan fingerprint density at radius 3 is 2.75 bits per heavy atom. The van der Waals surface area contributed by atoms with Crippen molar-refractivity contribution in [3.63, 3.8) is 0 Å². The Kier molecular flexibility index (Phi) is 3.60. The summed E-state index contributed by atoms with van der Waals surface area (Å²) in [6, 6.07) is 5.45. The third-order valence-corrected chi connectivity index (χ3v) is 5.40. The molecule has 3 atom stereocenters. The van der Waals surface area contributed by atoms with Crippen molar-refractivity contribution < 1.29 is 19.1 Å². The zero-order valence-corrected chi connectivity index (χ0v) is 13.8. The van der Waals surface area contributed by atoms with Gasteiger partial charge in [-0.25, -0.2) is 0 Å². The minimum Gasteiger partial charge on any atom is -0.454 e. The third kappa shape index (κ3) is 2.31. The zero-order chi connectivity index (χ0) is 16.8. The average Bonchev–Trinajstić information content (AvgIpc) is 3.28. The molecule has 3 heterocycles. The highest BCUT2D eigenvalue weighted by atomic mass is 16.7. The molecule has 2 saturated heterocycles. The lowest BCUT2D eigenvalue weighted by Crippen LogP contribution is -2.45. The van der Waals surface area contributed by atoms with Gasteiger partial charge in [0.05, 0.1) is 6.04 Å². The fraction of sp³-hybridized carbons (Fsp3) is 0.529. The predicted molar refractivity (Wildman–Crippen MR) is 86.0 cm³/mol. The molecule has 1 aromatic carbocycles. The van der Waals surface area contributed by atoms with Crippen molar-refractivity contribution in [2.75, 3.05) is 34.0 Å². The van der Waals surface area contributed by atoms with E-state index in [1.165, 1.54) is 0 Å². The second-order valence-electron chi connectivity index (χ2n) is 6.64. The lowest BCUT2D eigenvalue weighted by Gasteiger charge is -2.25. The van der Waals surface area contributed by atoms with Crippen molar-refractivity contribution >= 4 is 11.8 Å². The summed E-state index contributed by atoms with van der Waals surface area (Å²) in [7, 11) is 3.64. The van der Waals surface area contributed by atoms with Gasteiger partial charge >= 0.3 is 0 Å². The molecule has 1 N–H and O–H groups in total. The van der Waals surface area contributed by atoms with Gasteiger partial charge in [-0.15, -0.1) is 0 Å². The summed E-state index contributed by atoms with van der Waals surface area (Å²) < 4.78 is 10.6. The summed E-state index contributed by atoms with van der Waals surface area (Å²) >= 11 is 0. The Morgan fingerprint density at radius 1 is 1.21 bits per heavy atom. The number of hydrogen-bond acceptors (Lipinski definition) is 5. The number of carbonyl (C=O) groups excluding carboxylic acids is 2. The largest absolute Gasteiger partial charge is 0.454 e. The summed E-state index contributed by atoms with van der Waals surface area (Å²) in [5, 5.41) is 2.72. The van der Waals surface area contributed by atoms with E-state index in [1.807, 2.05) is 11.9 Å². The summed E-state index contributed by atoms with van der Waals surface area (Å²) in [6.07, 6.45) is 0.797. The Labute approximate surface area is 140 Å². The molecule has 4 rings (SSSR count). The highest BCUT2D eigenvalue weighted by Crippen LogP contribution is 2.36.